The van der Waals surface area contributed by atoms with Crippen molar-refractivity contribution in [2.45, 2.75) is 19.8 Å². The topological polar surface area (TPSA) is 38.0 Å². The number of nitrogens with two attached hydrogens (primary N) is 1. The monoisotopic (exact) mass is 176 g/mol. The lowest BCUT2D eigenvalue weighted by Gasteiger charge is -2.14. The summed E-state index contributed by atoms with van der Waals surface area (Å²) in [6.45, 7) is 5.66. The first-order valence-electron chi connectivity index (χ1n) is 3.56. The van der Waals surface area contributed by atoms with Gasteiger partial charge in [0.05, 0.1) is 6.54 Å². The minimum absolute atomic E-state index is 0.420. The van der Waals surface area contributed by atoms with Gasteiger partial charge in [0.15, 0.2) is 0 Å². The van der Waals surface area contributed by atoms with Crippen LogP contribution < -0.4 is 11.1 Å². The van der Waals surface area contributed by atoms with Gasteiger partial charge in [0.25, 0.3) is 5.92 Å². The van der Waals surface area contributed by atoms with Crippen LogP contribution >= 0.6 is 0 Å². The predicted octanol–water partition coefficient (Wildman–Crippen LogP) is 1.61. The summed E-state index contributed by atoms with van der Waals surface area (Å²) in [5.41, 5.74) is 6.26. The van der Waals surface area contributed by atoms with Crippen LogP contribution in [0.5, 0.6) is 0 Å². The second-order valence-electron chi connectivity index (χ2n) is 2.75. The average Bonchev–Trinajstić information content (AvgIpc) is 1.97. The zero-order valence-corrected chi connectivity index (χ0v) is 7.32. The SMILES string of the molecule is C=C(NCC(C)(F)F)/C(C)=C/N. The van der Waals surface area contributed by atoms with Crippen LogP contribution in [-0.2, 0) is 0 Å². The zero-order chi connectivity index (χ0) is 9.78. The molecule has 0 aromatic rings. The van der Waals surface area contributed by atoms with Gasteiger partial charge in [0.1, 0.15) is 0 Å². The van der Waals surface area contributed by atoms with E-state index in [1.54, 1.807) is 6.92 Å². The van der Waals surface area contributed by atoms with Gasteiger partial charge in [-0.15, -0.1) is 0 Å². The molecule has 3 N–H and O–H groups in total. The first kappa shape index (κ1) is 10.9. The second kappa shape index (κ2) is 4.09. The van der Waals surface area contributed by atoms with Crippen LogP contribution in [0.2, 0.25) is 0 Å². The van der Waals surface area contributed by atoms with Gasteiger partial charge in [-0.25, -0.2) is 8.78 Å². The van der Waals surface area contributed by atoms with E-state index in [0.29, 0.717) is 11.3 Å². The number of hydrogen-bond acceptors (Lipinski definition) is 2. The smallest absolute Gasteiger partial charge is 0.262 e. The number of nitrogens with one attached hydrogen (secondary N) is 1. The Kier molecular flexibility index (Phi) is 3.73. The van der Waals surface area contributed by atoms with Gasteiger partial charge in [-0.2, -0.15) is 0 Å². The fourth-order valence-electron chi connectivity index (χ4n) is 0.502. The number of allylic oxidation sites excluding steroid dienone is 1. The molecule has 0 fully saturated rings. The summed E-state index contributed by atoms with van der Waals surface area (Å²) < 4.78 is 24.6. The molecule has 0 unspecified atom stereocenters. The van der Waals surface area contributed by atoms with Crippen molar-refractivity contribution in [1.82, 2.24) is 5.32 Å². The molecule has 0 aromatic heterocycles. The molecule has 0 aliphatic heterocycles. The van der Waals surface area contributed by atoms with Gasteiger partial charge in [0, 0.05) is 12.6 Å². The standard InChI is InChI=1S/C8H14F2N2/c1-6(4-11)7(2)12-5-8(3,9)10/h4,12H,2,5,11H2,1,3H3/b6-4+. The fourth-order valence-corrected chi connectivity index (χ4v) is 0.502. The summed E-state index contributed by atoms with van der Waals surface area (Å²) in [6, 6.07) is 0. The van der Waals surface area contributed by atoms with Crippen molar-refractivity contribution < 1.29 is 8.78 Å². The molecule has 0 bridgehead atoms. The third-order valence-corrected chi connectivity index (χ3v) is 1.34. The van der Waals surface area contributed by atoms with Crippen molar-refractivity contribution in [3.8, 4) is 0 Å². The van der Waals surface area contributed by atoms with E-state index in [2.05, 4.69) is 11.9 Å². The van der Waals surface area contributed by atoms with Gasteiger partial charge in [-0.1, -0.05) is 6.58 Å². The van der Waals surface area contributed by atoms with E-state index in [0.717, 1.165) is 6.92 Å². The highest BCUT2D eigenvalue weighted by Gasteiger charge is 2.20. The molecule has 0 saturated heterocycles. The second-order valence-corrected chi connectivity index (χ2v) is 2.75. The molecule has 0 radical (unpaired) electrons. The first-order valence-corrected chi connectivity index (χ1v) is 3.56. The van der Waals surface area contributed by atoms with Crippen LogP contribution in [0.1, 0.15) is 13.8 Å². The quantitative estimate of drug-likeness (QED) is 0.638. The average molecular weight is 176 g/mol. The van der Waals surface area contributed by atoms with Crippen molar-refractivity contribution >= 4 is 0 Å². The maximum atomic E-state index is 12.3. The van der Waals surface area contributed by atoms with Crippen LogP contribution in [0.15, 0.2) is 24.0 Å². The Morgan fingerprint density at radius 2 is 2.17 bits per heavy atom. The van der Waals surface area contributed by atoms with E-state index in [9.17, 15) is 8.78 Å². The molecule has 0 rings (SSSR count). The van der Waals surface area contributed by atoms with E-state index in [-0.39, 0.29) is 0 Å². The maximum Gasteiger partial charge on any atom is 0.262 e. The molecule has 0 aliphatic carbocycles. The molecule has 2 nitrogen and oxygen atoms in total. The van der Waals surface area contributed by atoms with Crippen molar-refractivity contribution in [1.29, 1.82) is 0 Å². The van der Waals surface area contributed by atoms with E-state index < -0.39 is 12.5 Å². The fraction of sp³-hybridized carbons (Fsp3) is 0.500. The van der Waals surface area contributed by atoms with E-state index in [1.165, 1.54) is 6.20 Å². The van der Waals surface area contributed by atoms with Crippen LogP contribution in [0.3, 0.4) is 0 Å². The molecule has 0 heterocycles. The van der Waals surface area contributed by atoms with Crippen molar-refractivity contribution in [3.63, 3.8) is 0 Å². The largest absolute Gasteiger partial charge is 0.404 e. The van der Waals surface area contributed by atoms with Crippen molar-refractivity contribution in [2.75, 3.05) is 6.54 Å². The normalized spacial score (nSPS) is 12.8. The van der Waals surface area contributed by atoms with Gasteiger partial charge >= 0.3 is 0 Å². The third kappa shape index (κ3) is 4.71. The summed E-state index contributed by atoms with van der Waals surface area (Å²) >= 11 is 0. The Bertz CT molecular complexity index is 192. The Hall–Kier alpha value is -1.06. The summed E-state index contributed by atoms with van der Waals surface area (Å²) in [6.07, 6.45) is 1.32. The number of halogens is 2. The molecule has 0 atom stereocenters. The molecule has 70 valence electrons. The Labute approximate surface area is 71.1 Å². The molecule has 12 heavy (non-hydrogen) atoms. The third-order valence-electron chi connectivity index (χ3n) is 1.34. The van der Waals surface area contributed by atoms with Gasteiger partial charge in [0.2, 0.25) is 0 Å². The lowest BCUT2D eigenvalue weighted by molar-refractivity contribution is 0.0254. The number of rotatable bonds is 4. The van der Waals surface area contributed by atoms with Crippen LogP contribution in [0.25, 0.3) is 0 Å². The Morgan fingerprint density at radius 1 is 1.67 bits per heavy atom. The van der Waals surface area contributed by atoms with Crippen LogP contribution in [-0.4, -0.2) is 12.5 Å². The molecule has 0 aromatic carbocycles. The first-order chi connectivity index (χ1) is 5.37. The number of hydrogen-bond donors (Lipinski definition) is 2. The van der Waals surface area contributed by atoms with E-state index in [1.807, 2.05) is 0 Å². The van der Waals surface area contributed by atoms with Crippen LogP contribution in [0.4, 0.5) is 8.78 Å². The van der Waals surface area contributed by atoms with E-state index >= 15 is 0 Å². The molecule has 4 heteroatoms. The molecular weight excluding hydrogens is 162 g/mol. The number of alkyl halides is 2. The Morgan fingerprint density at radius 3 is 2.50 bits per heavy atom. The molecular formula is C8H14F2N2. The van der Waals surface area contributed by atoms with Gasteiger partial charge in [-0.05, 0) is 18.7 Å². The minimum atomic E-state index is -2.72. The van der Waals surface area contributed by atoms with Gasteiger partial charge < -0.3 is 11.1 Å². The lowest BCUT2D eigenvalue weighted by Crippen LogP contribution is -2.29. The van der Waals surface area contributed by atoms with E-state index in [4.69, 9.17) is 5.73 Å². The summed E-state index contributed by atoms with van der Waals surface area (Å²) in [5.74, 6) is -2.72. The highest BCUT2D eigenvalue weighted by molar-refractivity contribution is 5.23. The molecule has 0 aliphatic rings. The summed E-state index contributed by atoms with van der Waals surface area (Å²) in [5, 5.41) is 2.48. The highest BCUT2D eigenvalue weighted by atomic mass is 19.3. The van der Waals surface area contributed by atoms with Crippen molar-refractivity contribution in [2.24, 2.45) is 5.73 Å². The summed E-state index contributed by atoms with van der Waals surface area (Å²) in [7, 11) is 0. The predicted molar refractivity (Wildman–Crippen MR) is 45.7 cm³/mol. The Balaban J connectivity index is 3.89. The zero-order valence-electron chi connectivity index (χ0n) is 7.32. The van der Waals surface area contributed by atoms with Crippen LogP contribution in [0, 0.1) is 0 Å². The summed E-state index contributed by atoms with van der Waals surface area (Å²) in [4.78, 5) is 0. The minimum Gasteiger partial charge on any atom is -0.404 e. The molecule has 0 saturated carbocycles. The highest BCUT2D eigenvalue weighted by Crippen LogP contribution is 2.11. The molecule has 0 amide bonds. The maximum absolute atomic E-state index is 12.3. The van der Waals surface area contributed by atoms with Crippen molar-refractivity contribution in [3.05, 3.63) is 24.0 Å². The lowest BCUT2D eigenvalue weighted by atomic mass is 10.2. The van der Waals surface area contributed by atoms with Gasteiger partial charge in [-0.3, -0.25) is 0 Å². The molecule has 0 spiro atoms.